The maximum atomic E-state index is 15.0. The van der Waals surface area contributed by atoms with E-state index in [1.807, 2.05) is 57.5 Å². The van der Waals surface area contributed by atoms with Crippen molar-refractivity contribution in [3.05, 3.63) is 29.6 Å². The summed E-state index contributed by atoms with van der Waals surface area (Å²) in [6.07, 6.45) is -0.415. The fourth-order valence-corrected chi connectivity index (χ4v) is 9.75. The standard InChI is InChI=1S/C42H73N3O7Si2/c1-18-49-39(48)45-24-19-20-28(2)37(52-54(16,17)41(8,9)10)29(3)38(47)42(11,12)35(51-53(14,15)40(5,6)7)27-36(46)50-34(23-25-45)31-21-22-33-32(26-31)43-30(4)44(33)13/h21-22,26,28-29,34-35,37H,18-20,23-25,27H2,1-17H3/t28-,29+,34-,35-,37-/m0/s1. The molecule has 1 aliphatic heterocycles. The number of cyclic esters (lactones) is 1. The first-order valence-electron chi connectivity index (χ1n) is 20.1. The number of Topliss-reactive ketones (excluding diaryl/α,β-unsaturated/α-hetero) is 1. The third-order valence-corrected chi connectivity index (χ3v) is 21.7. The summed E-state index contributed by atoms with van der Waals surface area (Å²) in [5.74, 6) is -0.00414. The molecule has 54 heavy (non-hydrogen) atoms. The number of imidazole rings is 1. The van der Waals surface area contributed by atoms with Crippen LogP contribution in [0.1, 0.15) is 119 Å². The predicted molar refractivity (Wildman–Crippen MR) is 223 cm³/mol. The number of hydrogen-bond acceptors (Lipinski definition) is 8. The highest BCUT2D eigenvalue weighted by Gasteiger charge is 2.50. The number of aryl methyl sites for hydroxylation is 2. The van der Waals surface area contributed by atoms with Gasteiger partial charge in [-0.25, -0.2) is 9.78 Å². The SMILES string of the molecule is CCOC(=O)N1CCC[C@H](C)[C@H](O[Si](C)(C)C(C)(C)C)[C@@H](C)C(=O)C(C)(C)[C@@H](O[Si](C)(C)C(C)(C)C)CC(=O)O[C@H](c2ccc3c(c2)nc(C)n3C)CC1. The lowest BCUT2D eigenvalue weighted by Crippen LogP contribution is -2.54. The van der Waals surface area contributed by atoms with E-state index >= 15 is 0 Å². The van der Waals surface area contributed by atoms with Crippen molar-refractivity contribution >= 4 is 45.5 Å². The van der Waals surface area contributed by atoms with Crippen LogP contribution in [-0.4, -0.2) is 80.8 Å². The monoisotopic (exact) mass is 787 g/mol. The molecule has 2 aromatic rings. The molecule has 0 N–H and O–H groups in total. The Kier molecular flexibility index (Phi) is 14.7. The summed E-state index contributed by atoms with van der Waals surface area (Å²) in [4.78, 5) is 49.1. The van der Waals surface area contributed by atoms with Gasteiger partial charge in [-0.3, -0.25) is 9.59 Å². The number of ether oxygens (including phenoxy) is 2. The molecule has 306 valence electrons. The fourth-order valence-electron chi connectivity index (χ4n) is 6.84. The Morgan fingerprint density at radius 2 is 1.56 bits per heavy atom. The zero-order valence-corrected chi connectivity index (χ0v) is 38.8. The predicted octanol–water partition coefficient (Wildman–Crippen LogP) is 10.1. The third-order valence-electron chi connectivity index (χ3n) is 12.8. The highest BCUT2D eigenvalue weighted by atomic mass is 28.4. The summed E-state index contributed by atoms with van der Waals surface area (Å²) in [6.45, 7) is 34.7. The Balaban J connectivity index is 2.17. The summed E-state index contributed by atoms with van der Waals surface area (Å²) in [5, 5.41) is -0.218. The van der Waals surface area contributed by atoms with Gasteiger partial charge in [0.2, 0.25) is 0 Å². The Bertz CT molecular complexity index is 1620. The number of fused-ring (bicyclic) bond motifs is 1. The highest BCUT2D eigenvalue weighted by Crippen LogP contribution is 2.44. The normalized spacial score (nSPS) is 24.8. The van der Waals surface area contributed by atoms with Gasteiger partial charge in [-0.2, -0.15) is 0 Å². The first-order valence-corrected chi connectivity index (χ1v) is 25.9. The van der Waals surface area contributed by atoms with Crippen molar-refractivity contribution in [2.24, 2.45) is 24.3 Å². The molecule has 1 aromatic carbocycles. The molecule has 1 aliphatic rings. The van der Waals surface area contributed by atoms with Crippen molar-refractivity contribution in [3.63, 3.8) is 0 Å². The molecule has 12 heteroatoms. The topological polar surface area (TPSA) is 109 Å². The van der Waals surface area contributed by atoms with Gasteiger partial charge in [-0.1, -0.05) is 75.3 Å². The van der Waals surface area contributed by atoms with E-state index in [9.17, 15) is 14.4 Å². The molecule has 0 radical (unpaired) electrons. The van der Waals surface area contributed by atoms with Crippen LogP contribution in [0.5, 0.6) is 0 Å². The lowest BCUT2D eigenvalue weighted by Gasteiger charge is -2.46. The fraction of sp³-hybridized carbons (Fsp3) is 0.762. The second-order valence-electron chi connectivity index (χ2n) is 19.3. The molecule has 1 saturated heterocycles. The third kappa shape index (κ3) is 10.6. The second-order valence-corrected chi connectivity index (χ2v) is 28.8. The van der Waals surface area contributed by atoms with Gasteiger partial charge in [0.05, 0.1) is 36.3 Å². The summed E-state index contributed by atoms with van der Waals surface area (Å²) in [5.41, 5.74) is 1.55. The molecule has 0 aliphatic carbocycles. The van der Waals surface area contributed by atoms with Crippen LogP contribution >= 0.6 is 0 Å². The van der Waals surface area contributed by atoms with Crippen molar-refractivity contribution < 1.29 is 32.7 Å². The number of carbonyl (C=O) groups is 3. The molecule has 0 spiro atoms. The minimum Gasteiger partial charge on any atom is -0.457 e. The van der Waals surface area contributed by atoms with Crippen LogP contribution in [0.3, 0.4) is 0 Å². The molecule has 1 amide bonds. The van der Waals surface area contributed by atoms with Gasteiger partial charge in [-0.05, 0) is 86.6 Å². The summed E-state index contributed by atoms with van der Waals surface area (Å²) >= 11 is 0. The minimum absolute atomic E-state index is 0.0161. The van der Waals surface area contributed by atoms with Gasteiger partial charge in [0.25, 0.3) is 0 Å². The first kappa shape index (κ1) is 45.8. The molecule has 10 nitrogen and oxygen atoms in total. The quantitative estimate of drug-likeness (QED) is 0.210. The Morgan fingerprint density at radius 3 is 2.13 bits per heavy atom. The van der Waals surface area contributed by atoms with Crippen LogP contribution < -0.4 is 0 Å². The lowest BCUT2D eigenvalue weighted by molar-refractivity contribution is -0.155. The largest absolute Gasteiger partial charge is 0.457 e. The molecular weight excluding hydrogens is 715 g/mol. The number of nitrogens with zero attached hydrogens (tertiary/aromatic N) is 3. The number of hydrogen-bond donors (Lipinski definition) is 0. The zero-order valence-electron chi connectivity index (χ0n) is 36.8. The molecule has 5 atom stereocenters. The van der Waals surface area contributed by atoms with Crippen molar-refractivity contribution in [1.29, 1.82) is 0 Å². The van der Waals surface area contributed by atoms with E-state index in [4.69, 9.17) is 23.3 Å². The maximum absolute atomic E-state index is 15.0. The number of esters is 1. The minimum atomic E-state index is -2.48. The van der Waals surface area contributed by atoms with Crippen molar-refractivity contribution in [2.75, 3.05) is 19.7 Å². The van der Waals surface area contributed by atoms with Crippen molar-refractivity contribution in [3.8, 4) is 0 Å². The van der Waals surface area contributed by atoms with Crippen LogP contribution in [0.15, 0.2) is 18.2 Å². The number of amides is 1. The Hall–Kier alpha value is -2.55. The number of aromatic nitrogens is 2. The van der Waals surface area contributed by atoms with Gasteiger partial charge in [0, 0.05) is 37.9 Å². The van der Waals surface area contributed by atoms with Gasteiger partial charge in [-0.15, -0.1) is 0 Å². The van der Waals surface area contributed by atoms with E-state index in [2.05, 4.69) is 74.7 Å². The summed E-state index contributed by atoms with van der Waals surface area (Å²) in [7, 11) is -2.81. The van der Waals surface area contributed by atoms with Gasteiger partial charge in [0.1, 0.15) is 17.7 Å². The van der Waals surface area contributed by atoms with E-state index in [0.717, 1.165) is 28.8 Å². The molecule has 3 rings (SSSR count). The lowest BCUT2D eigenvalue weighted by atomic mass is 9.73. The van der Waals surface area contributed by atoms with Gasteiger partial charge < -0.3 is 27.8 Å². The summed E-state index contributed by atoms with van der Waals surface area (Å²) < 4.78 is 28.1. The molecule has 0 unspecified atom stereocenters. The van der Waals surface area contributed by atoms with E-state index < -0.39 is 52.2 Å². The van der Waals surface area contributed by atoms with Crippen LogP contribution in [0, 0.1) is 24.2 Å². The van der Waals surface area contributed by atoms with Crippen LogP contribution in [0.2, 0.25) is 36.3 Å². The Morgan fingerprint density at radius 1 is 0.963 bits per heavy atom. The number of ketones is 1. The van der Waals surface area contributed by atoms with E-state index in [0.29, 0.717) is 25.9 Å². The summed E-state index contributed by atoms with van der Waals surface area (Å²) in [6, 6.07) is 5.94. The molecule has 0 bridgehead atoms. The second kappa shape index (κ2) is 17.3. The molecule has 0 saturated carbocycles. The smallest absolute Gasteiger partial charge is 0.409 e. The Labute approximate surface area is 328 Å². The average molecular weight is 788 g/mol. The number of carbonyl (C=O) groups excluding carboxylic acids is 3. The first-order chi connectivity index (χ1) is 24.6. The van der Waals surface area contributed by atoms with Crippen LogP contribution in [0.25, 0.3) is 11.0 Å². The number of benzene rings is 1. The molecule has 1 fully saturated rings. The molecular formula is C42H73N3O7Si2. The van der Waals surface area contributed by atoms with E-state index in [1.54, 1.807) is 11.8 Å². The zero-order chi connectivity index (χ0) is 41.2. The molecule has 2 heterocycles. The van der Waals surface area contributed by atoms with E-state index in [1.165, 1.54) is 0 Å². The van der Waals surface area contributed by atoms with E-state index in [-0.39, 0.29) is 40.9 Å². The van der Waals surface area contributed by atoms with Crippen molar-refractivity contribution in [2.45, 2.75) is 163 Å². The highest BCUT2D eigenvalue weighted by molar-refractivity contribution is 6.74. The maximum Gasteiger partial charge on any atom is 0.409 e. The van der Waals surface area contributed by atoms with Crippen LogP contribution in [0.4, 0.5) is 4.79 Å². The van der Waals surface area contributed by atoms with Crippen molar-refractivity contribution in [1.82, 2.24) is 14.5 Å². The van der Waals surface area contributed by atoms with Gasteiger partial charge >= 0.3 is 12.1 Å². The number of rotatable bonds is 6. The van der Waals surface area contributed by atoms with Gasteiger partial charge in [0.15, 0.2) is 16.6 Å². The van der Waals surface area contributed by atoms with Crippen LogP contribution in [-0.2, 0) is 35.0 Å². The average Bonchev–Trinajstić information content (AvgIpc) is 3.33. The molecule has 1 aromatic heterocycles.